The predicted octanol–water partition coefficient (Wildman–Crippen LogP) is 1.87. The smallest absolute Gasteiger partial charge is 0.0768 e. The summed E-state index contributed by atoms with van der Waals surface area (Å²) in [5.74, 6) is 0.296. The van der Waals surface area contributed by atoms with Crippen molar-refractivity contribution in [2.24, 2.45) is 13.0 Å². The van der Waals surface area contributed by atoms with Gasteiger partial charge in [0.25, 0.3) is 0 Å². The van der Waals surface area contributed by atoms with Gasteiger partial charge in [0.15, 0.2) is 0 Å². The molecule has 0 fully saturated rings. The van der Waals surface area contributed by atoms with Crippen molar-refractivity contribution in [2.45, 2.75) is 52.7 Å². The first-order valence-corrected chi connectivity index (χ1v) is 6.85. The van der Waals surface area contributed by atoms with Gasteiger partial charge < -0.3 is 10.4 Å². The van der Waals surface area contributed by atoms with Gasteiger partial charge in [0.1, 0.15) is 0 Å². The molecule has 0 radical (unpaired) electrons. The van der Waals surface area contributed by atoms with Crippen LogP contribution >= 0.6 is 0 Å². The number of hydrogen-bond acceptors (Lipinski definition) is 3. The molecule has 0 spiro atoms. The Kier molecular flexibility index (Phi) is 5.35. The van der Waals surface area contributed by atoms with Crippen molar-refractivity contribution in [2.75, 3.05) is 6.54 Å². The molecule has 0 aliphatic heterocycles. The van der Waals surface area contributed by atoms with Crippen molar-refractivity contribution in [1.82, 2.24) is 15.1 Å². The van der Waals surface area contributed by atoms with Crippen LogP contribution in [0.4, 0.5) is 0 Å². The fraction of sp³-hybridized carbons (Fsp3) is 0.786. The van der Waals surface area contributed by atoms with Crippen LogP contribution in [0.1, 0.15) is 45.4 Å². The van der Waals surface area contributed by atoms with Gasteiger partial charge in [-0.25, -0.2) is 0 Å². The summed E-state index contributed by atoms with van der Waals surface area (Å²) in [6.07, 6.45) is 3.98. The molecular weight excluding hydrogens is 226 g/mol. The predicted molar refractivity (Wildman–Crippen MR) is 74.4 cm³/mol. The summed E-state index contributed by atoms with van der Waals surface area (Å²) < 4.78 is 1.85. The van der Waals surface area contributed by atoms with Crippen molar-refractivity contribution in [3.8, 4) is 0 Å². The number of aliphatic hydroxyl groups is 1. The molecule has 0 saturated carbocycles. The molecule has 0 aromatic carbocycles. The minimum Gasteiger partial charge on any atom is -0.389 e. The second-order valence-corrected chi connectivity index (χ2v) is 5.40. The Morgan fingerprint density at radius 3 is 2.72 bits per heavy atom. The quantitative estimate of drug-likeness (QED) is 0.780. The van der Waals surface area contributed by atoms with Crippen molar-refractivity contribution < 1.29 is 5.11 Å². The molecule has 2 N–H and O–H groups in total. The van der Waals surface area contributed by atoms with Gasteiger partial charge in [-0.2, -0.15) is 5.10 Å². The average molecular weight is 253 g/mol. The van der Waals surface area contributed by atoms with E-state index in [4.69, 9.17) is 0 Å². The van der Waals surface area contributed by atoms with E-state index in [1.54, 1.807) is 0 Å². The van der Waals surface area contributed by atoms with E-state index >= 15 is 0 Å². The van der Waals surface area contributed by atoms with Crippen LogP contribution in [0.5, 0.6) is 0 Å². The average Bonchev–Trinajstić information content (AvgIpc) is 2.68. The molecule has 1 rings (SSSR count). The van der Waals surface area contributed by atoms with Gasteiger partial charge in [-0.3, -0.25) is 4.68 Å². The van der Waals surface area contributed by atoms with E-state index in [1.807, 2.05) is 24.9 Å². The summed E-state index contributed by atoms with van der Waals surface area (Å²) in [5, 5.41) is 18.1. The lowest BCUT2D eigenvalue weighted by molar-refractivity contribution is 0.00533. The Morgan fingerprint density at radius 1 is 1.50 bits per heavy atom. The van der Waals surface area contributed by atoms with Crippen LogP contribution in [0.15, 0.2) is 6.20 Å². The van der Waals surface area contributed by atoms with Gasteiger partial charge in [0, 0.05) is 31.9 Å². The van der Waals surface area contributed by atoms with Crippen LogP contribution in [0, 0.1) is 5.92 Å². The Hall–Kier alpha value is -0.870. The van der Waals surface area contributed by atoms with Gasteiger partial charge in [0.2, 0.25) is 0 Å². The summed E-state index contributed by atoms with van der Waals surface area (Å²) in [4.78, 5) is 0. The number of aryl methyl sites for hydroxylation is 2. The fourth-order valence-corrected chi connectivity index (χ4v) is 2.09. The van der Waals surface area contributed by atoms with Crippen LogP contribution in [0.2, 0.25) is 0 Å². The Morgan fingerprint density at radius 2 is 2.17 bits per heavy atom. The number of hydrogen-bond donors (Lipinski definition) is 2. The molecule has 1 aromatic heterocycles. The number of nitrogens with one attached hydrogen (secondary N) is 1. The third-order valence-electron chi connectivity index (χ3n) is 3.80. The summed E-state index contributed by atoms with van der Waals surface area (Å²) in [6.45, 7) is 9.58. The maximum atomic E-state index is 10.3. The molecule has 1 aromatic rings. The van der Waals surface area contributed by atoms with Crippen LogP contribution in [-0.2, 0) is 20.0 Å². The highest BCUT2D eigenvalue weighted by atomic mass is 16.3. The third kappa shape index (κ3) is 3.82. The van der Waals surface area contributed by atoms with E-state index in [0.29, 0.717) is 12.5 Å². The summed E-state index contributed by atoms with van der Waals surface area (Å²) in [7, 11) is 1.94. The zero-order chi connectivity index (χ0) is 13.8. The number of rotatable bonds is 7. The highest BCUT2D eigenvalue weighted by Crippen LogP contribution is 2.19. The minimum absolute atomic E-state index is 0.296. The fourth-order valence-electron chi connectivity index (χ4n) is 2.09. The Balaban J connectivity index is 2.51. The molecule has 2 unspecified atom stereocenters. The molecule has 0 bridgehead atoms. The van der Waals surface area contributed by atoms with E-state index in [9.17, 15) is 5.11 Å². The van der Waals surface area contributed by atoms with E-state index in [1.165, 1.54) is 5.56 Å². The van der Waals surface area contributed by atoms with Crippen molar-refractivity contribution in [3.05, 3.63) is 17.5 Å². The molecule has 1 heterocycles. The topological polar surface area (TPSA) is 50.1 Å². The second kappa shape index (κ2) is 6.34. The zero-order valence-corrected chi connectivity index (χ0v) is 12.3. The van der Waals surface area contributed by atoms with Crippen LogP contribution in [-0.4, -0.2) is 27.0 Å². The molecule has 104 valence electrons. The van der Waals surface area contributed by atoms with Gasteiger partial charge in [-0.15, -0.1) is 0 Å². The molecule has 4 nitrogen and oxygen atoms in total. The first-order chi connectivity index (χ1) is 8.40. The normalized spacial score (nSPS) is 16.6. The maximum Gasteiger partial charge on any atom is 0.0768 e. The molecule has 0 saturated heterocycles. The summed E-state index contributed by atoms with van der Waals surface area (Å²) in [5.41, 5.74) is 1.71. The second-order valence-electron chi connectivity index (χ2n) is 5.40. The van der Waals surface area contributed by atoms with Crippen molar-refractivity contribution in [1.29, 1.82) is 0 Å². The minimum atomic E-state index is -0.649. The highest BCUT2D eigenvalue weighted by molar-refractivity contribution is 5.16. The monoisotopic (exact) mass is 253 g/mol. The van der Waals surface area contributed by atoms with Crippen LogP contribution in [0.3, 0.4) is 0 Å². The molecule has 0 aliphatic carbocycles. The lowest BCUT2D eigenvalue weighted by Gasteiger charge is -2.29. The SMILES string of the molecule is CCc1nn(C)cc1CNCC(C)(O)C(C)CC. The van der Waals surface area contributed by atoms with E-state index in [2.05, 4.69) is 31.2 Å². The highest BCUT2D eigenvalue weighted by Gasteiger charge is 2.26. The van der Waals surface area contributed by atoms with Crippen molar-refractivity contribution >= 4 is 0 Å². The van der Waals surface area contributed by atoms with Gasteiger partial charge >= 0.3 is 0 Å². The number of nitrogens with zero attached hydrogens (tertiary/aromatic N) is 2. The molecule has 18 heavy (non-hydrogen) atoms. The molecule has 0 amide bonds. The van der Waals surface area contributed by atoms with Crippen LogP contribution < -0.4 is 5.32 Å². The lowest BCUT2D eigenvalue weighted by Crippen LogP contribution is -2.42. The maximum absolute atomic E-state index is 10.3. The van der Waals surface area contributed by atoms with E-state index in [0.717, 1.165) is 25.1 Å². The zero-order valence-electron chi connectivity index (χ0n) is 12.3. The van der Waals surface area contributed by atoms with E-state index < -0.39 is 5.60 Å². The lowest BCUT2D eigenvalue weighted by atomic mass is 9.88. The summed E-state index contributed by atoms with van der Waals surface area (Å²) in [6, 6.07) is 0. The Labute approximate surface area is 110 Å². The third-order valence-corrected chi connectivity index (χ3v) is 3.80. The Bertz CT molecular complexity index is 371. The summed E-state index contributed by atoms with van der Waals surface area (Å²) >= 11 is 0. The van der Waals surface area contributed by atoms with Crippen molar-refractivity contribution in [3.63, 3.8) is 0 Å². The first kappa shape index (κ1) is 15.2. The molecular formula is C14H27N3O. The first-order valence-electron chi connectivity index (χ1n) is 6.85. The molecule has 2 atom stereocenters. The molecule has 0 aliphatic rings. The van der Waals surface area contributed by atoms with Gasteiger partial charge in [-0.05, 0) is 19.3 Å². The molecule has 4 heteroatoms. The number of aromatic nitrogens is 2. The standard InChI is InChI=1S/C14H27N3O/c1-6-11(3)14(4,18)10-15-8-12-9-17(5)16-13(12)7-2/h9,11,15,18H,6-8,10H2,1-5H3. The van der Waals surface area contributed by atoms with Crippen LogP contribution in [0.25, 0.3) is 0 Å². The largest absolute Gasteiger partial charge is 0.389 e. The van der Waals surface area contributed by atoms with Gasteiger partial charge in [-0.1, -0.05) is 27.2 Å². The van der Waals surface area contributed by atoms with Gasteiger partial charge in [0.05, 0.1) is 11.3 Å². The van der Waals surface area contributed by atoms with E-state index in [-0.39, 0.29) is 0 Å².